The first-order chi connectivity index (χ1) is 15.3. The van der Waals surface area contributed by atoms with E-state index < -0.39 is 23.2 Å². The molecule has 0 aliphatic carbocycles. The molecule has 4 heteroatoms. The zero-order valence-corrected chi connectivity index (χ0v) is 18.8. The van der Waals surface area contributed by atoms with Gasteiger partial charge in [-0.15, -0.1) is 0 Å². The summed E-state index contributed by atoms with van der Waals surface area (Å²) in [6.45, 7) is 5.46. The molecule has 0 aromatic heterocycles. The monoisotopic (exact) mass is 430 g/mol. The summed E-state index contributed by atoms with van der Waals surface area (Å²) in [5.41, 5.74) is 0.957. The lowest BCUT2D eigenvalue weighted by Gasteiger charge is -2.37. The van der Waals surface area contributed by atoms with Crippen molar-refractivity contribution in [2.45, 2.75) is 38.1 Å². The predicted octanol–water partition coefficient (Wildman–Crippen LogP) is 4.94. The van der Waals surface area contributed by atoms with Crippen molar-refractivity contribution in [3.63, 3.8) is 0 Å². The van der Waals surface area contributed by atoms with Gasteiger partial charge in [-0.3, -0.25) is 4.79 Å². The summed E-state index contributed by atoms with van der Waals surface area (Å²) in [7, 11) is 0. The van der Waals surface area contributed by atoms with E-state index in [9.17, 15) is 9.90 Å². The maximum atomic E-state index is 12.5. The van der Waals surface area contributed by atoms with Crippen molar-refractivity contribution in [3.8, 4) is 0 Å². The Balaban J connectivity index is 1.77. The van der Waals surface area contributed by atoms with Gasteiger partial charge in [0, 0.05) is 5.92 Å². The first-order valence-corrected chi connectivity index (χ1v) is 11.1. The van der Waals surface area contributed by atoms with Gasteiger partial charge >= 0.3 is 5.97 Å². The smallest absolute Gasteiger partial charge is 0.312 e. The Hall–Kier alpha value is -2.95. The van der Waals surface area contributed by atoms with Crippen LogP contribution in [0.1, 0.15) is 37.5 Å². The molecule has 1 aliphatic rings. The van der Waals surface area contributed by atoms with E-state index in [4.69, 9.17) is 9.47 Å². The van der Waals surface area contributed by atoms with Crippen molar-refractivity contribution >= 4 is 5.97 Å². The van der Waals surface area contributed by atoms with Crippen LogP contribution in [0.3, 0.4) is 0 Å². The summed E-state index contributed by atoms with van der Waals surface area (Å²) in [6, 6.07) is 30.3. The lowest BCUT2D eigenvalue weighted by Crippen LogP contribution is -2.40. The Labute approximate surface area is 189 Å². The summed E-state index contributed by atoms with van der Waals surface area (Å²) < 4.78 is 12.5. The van der Waals surface area contributed by atoms with Gasteiger partial charge in [0.05, 0.1) is 18.1 Å². The third-order valence-electron chi connectivity index (χ3n) is 6.40. The third-order valence-corrected chi connectivity index (χ3v) is 6.40. The summed E-state index contributed by atoms with van der Waals surface area (Å²) in [6.07, 6.45) is -0.450. The molecule has 3 aromatic rings. The highest BCUT2D eigenvalue weighted by Crippen LogP contribution is 2.42. The molecule has 4 rings (SSSR count). The average molecular weight is 431 g/mol. The number of carbonyl (C=O) groups is 1. The van der Waals surface area contributed by atoms with Crippen molar-refractivity contribution in [1.29, 1.82) is 0 Å². The lowest BCUT2D eigenvalue weighted by atomic mass is 9.79. The third kappa shape index (κ3) is 4.08. The number of benzene rings is 3. The van der Waals surface area contributed by atoms with Crippen LogP contribution in [0.4, 0.5) is 0 Å². The van der Waals surface area contributed by atoms with Crippen LogP contribution in [-0.2, 0) is 19.9 Å². The minimum atomic E-state index is -1.15. The summed E-state index contributed by atoms with van der Waals surface area (Å²) >= 11 is 0. The first-order valence-electron chi connectivity index (χ1n) is 11.1. The lowest BCUT2D eigenvalue weighted by molar-refractivity contribution is -0.152. The van der Waals surface area contributed by atoms with Crippen LogP contribution in [0, 0.1) is 11.8 Å². The molecule has 4 nitrogen and oxygen atoms in total. The average Bonchev–Trinajstić information content (AvgIpc) is 3.10. The molecule has 1 N–H and O–H groups in total. The van der Waals surface area contributed by atoms with Gasteiger partial charge in [0.2, 0.25) is 0 Å². The van der Waals surface area contributed by atoms with Gasteiger partial charge in [0.25, 0.3) is 0 Å². The van der Waals surface area contributed by atoms with Crippen LogP contribution in [0.15, 0.2) is 91.0 Å². The topological polar surface area (TPSA) is 55.8 Å². The van der Waals surface area contributed by atoms with Crippen LogP contribution >= 0.6 is 0 Å². The van der Waals surface area contributed by atoms with Gasteiger partial charge in [0.15, 0.2) is 0 Å². The van der Waals surface area contributed by atoms with Crippen LogP contribution in [-0.4, -0.2) is 29.4 Å². The quantitative estimate of drug-likeness (QED) is 0.426. The van der Waals surface area contributed by atoms with E-state index in [1.54, 1.807) is 13.8 Å². The van der Waals surface area contributed by atoms with Crippen LogP contribution in [0.2, 0.25) is 0 Å². The fourth-order valence-electron chi connectivity index (χ4n) is 4.85. The van der Waals surface area contributed by atoms with Crippen molar-refractivity contribution in [1.82, 2.24) is 0 Å². The second-order valence-corrected chi connectivity index (χ2v) is 9.06. The number of rotatable bonds is 7. The molecule has 0 spiro atoms. The van der Waals surface area contributed by atoms with E-state index in [1.165, 1.54) is 0 Å². The van der Waals surface area contributed by atoms with E-state index in [-0.39, 0.29) is 18.5 Å². The number of ether oxygens (including phenoxy) is 2. The molecule has 0 radical (unpaired) electrons. The number of hydrogen-bond acceptors (Lipinski definition) is 4. The van der Waals surface area contributed by atoms with Crippen molar-refractivity contribution in [2.75, 3.05) is 6.61 Å². The minimum absolute atomic E-state index is 0.178. The fourth-order valence-corrected chi connectivity index (χ4v) is 4.85. The Bertz CT molecular complexity index is 929. The van der Waals surface area contributed by atoms with Crippen molar-refractivity contribution in [2.24, 2.45) is 11.8 Å². The Morgan fingerprint density at radius 3 is 1.56 bits per heavy atom. The highest BCUT2D eigenvalue weighted by atomic mass is 16.6. The number of esters is 1. The fraction of sp³-hybridized carbons (Fsp3) is 0.321. The zero-order chi connectivity index (χ0) is 22.8. The maximum Gasteiger partial charge on any atom is 0.312 e. The van der Waals surface area contributed by atoms with Gasteiger partial charge in [0.1, 0.15) is 11.7 Å². The van der Waals surface area contributed by atoms with Crippen LogP contribution < -0.4 is 0 Å². The number of aliphatic hydroxyl groups is 1. The molecular formula is C28H30O4. The Morgan fingerprint density at radius 1 is 0.812 bits per heavy atom. The molecule has 0 saturated carbocycles. The van der Waals surface area contributed by atoms with E-state index in [0.717, 1.165) is 16.7 Å². The number of cyclic esters (lactones) is 1. The molecule has 0 bridgehead atoms. The highest BCUT2D eigenvalue weighted by molar-refractivity contribution is 5.76. The molecule has 166 valence electrons. The van der Waals surface area contributed by atoms with Gasteiger partial charge < -0.3 is 14.6 Å². The predicted molar refractivity (Wildman–Crippen MR) is 124 cm³/mol. The standard InChI is InChI=1S/C28H30O4/c1-20-24(32-26(29)25(20)27(2,3)30)19-31-28(21-13-7-4-8-14-21,22-15-9-5-10-16-22)23-17-11-6-12-18-23/h4-18,20,24-25,30H,19H2,1-3H3/t20-,24-,25+/m1/s1. The van der Waals surface area contributed by atoms with Gasteiger partial charge in [-0.2, -0.15) is 0 Å². The van der Waals surface area contributed by atoms with Crippen molar-refractivity contribution < 1.29 is 19.4 Å². The maximum absolute atomic E-state index is 12.5. The molecule has 1 aliphatic heterocycles. The molecular weight excluding hydrogens is 400 g/mol. The van der Waals surface area contributed by atoms with Gasteiger partial charge in [-0.25, -0.2) is 0 Å². The molecule has 0 unspecified atom stereocenters. The summed E-state index contributed by atoms with van der Waals surface area (Å²) in [5, 5.41) is 10.5. The highest BCUT2D eigenvalue weighted by Gasteiger charge is 2.50. The Morgan fingerprint density at radius 2 is 1.22 bits per heavy atom. The van der Waals surface area contributed by atoms with E-state index in [0.29, 0.717) is 0 Å². The van der Waals surface area contributed by atoms with E-state index >= 15 is 0 Å². The van der Waals surface area contributed by atoms with Gasteiger partial charge in [-0.1, -0.05) is 97.9 Å². The zero-order valence-electron chi connectivity index (χ0n) is 18.8. The van der Waals surface area contributed by atoms with Crippen molar-refractivity contribution in [3.05, 3.63) is 108 Å². The second-order valence-electron chi connectivity index (χ2n) is 9.06. The first kappa shape index (κ1) is 22.3. The summed E-state index contributed by atoms with van der Waals surface area (Å²) in [4.78, 5) is 12.5. The molecule has 1 heterocycles. The van der Waals surface area contributed by atoms with Crippen LogP contribution in [0.5, 0.6) is 0 Å². The second kappa shape index (κ2) is 8.89. The molecule has 3 aromatic carbocycles. The van der Waals surface area contributed by atoms with Gasteiger partial charge in [-0.05, 0) is 30.5 Å². The molecule has 1 fully saturated rings. The minimum Gasteiger partial charge on any atom is -0.459 e. The molecule has 1 saturated heterocycles. The largest absolute Gasteiger partial charge is 0.459 e. The summed E-state index contributed by atoms with van der Waals surface area (Å²) in [5.74, 6) is -1.14. The van der Waals surface area contributed by atoms with E-state index in [1.807, 2.05) is 61.5 Å². The Kier molecular flexibility index (Phi) is 6.18. The normalized spacial score (nSPS) is 21.4. The molecule has 3 atom stereocenters. The number of carbonyl (C=O) groups excluding carboxylic acids is 1. The number of hydrogen-bond donors (Lipinski definition) is 1. The molecule has 32 heavy (non-hydrogen) atoms. The van der Waals surface area contributed by atoms with Crippen LogP contribution in [0.25, 0.3) is 0 Å². The molecule has 0 amide bonds. The van der Waals surface area contributed by atoms with E-state index in [2.05, 4.69) is 36.4 Å². The SMILES string of the molecule is C[C@H]1[C@H](C(C)(C)O)C(=O)O[C@@H]1COC(c1ccccc1)(c1ccccc1)c1ccccc1.